The Morgan fingerprint density at radius 2 is 1.61 bits per heavy atom. The van der Waals surface area contributed by atoms with E-state index in [9.17, 15) is 4.79 Å². The molecule has 0 aromatic heterocycles. The molecule has 0 aromatic carbocycles. The van der Waals surface area contributed by atoms with E-state index in [4.69, 9.17) is 9.47 Å². The molecule has 2 aliphatic heterocycles. The van der Waals surface area contributed by atoms with E-state index in [0.29, 0.717) is 18.5 Å². The second-order valence-corrected chi connectivity index (χ2v) is 5.14. The molecule has 0 aromatic rings. The number of nitrogens with one attached hydrogen (secondary N) is 2. The monoisotopic (exact) mass is 256 g/mol. The van der Waals surface area contributed by atoms with Gasteiger partial charge in [0.25, 0.3) is 0 Å². The van der Waals surface area contributed by atoms with E-state index >= 15 is 0 Å². The van der Waals surface area contributed by atoms with Crippen LogP contribution in [0.1, 0.15) is 25.7 Å². The van der Waals surface area contributed by atoms with Gasteiger partial charge in [-0.05, 0) is 38.1 Å². The molecule has 2 heterocycles. The van der Waals surface area contributed by atoms with Gasteiger partial charge in [0.05, 0.1) is 6.54 Å². The van der Waals surface area contributed by atoms with Gasteiger partial charge in [-0.2, -0.15) is 0 Å². The molecule has 0 spiro atoms. The summed E-state index contributed by atoms with van der Waals surface area (Å²) in [5.41, 5.74) is 0. The SMILES string of the molecule is O=C(CNCC1CCOCC1)NC1CCOCC1. The van der Waals surface area contributed by atoms with E-state index < -0.39 is 0 Å². The van der Waals surface area contributed by atoms with Crippen molar-refractivity contribution in [3.05, 3.63) is 0 Å². The first kappa shape index (κ1) is 13.8. The fourth-order valence-corrected chi connectivity index (χ4v) is 2.46. The molecule has 0 bridgehead atoms. The minimum absolute atomic E-state index is 0.106. The van der Waals surface area contributed by atoms with Crippen molar-refractivity contribution in [3.8, 4) is 0 Å². The molecule has 5 heteroatoms. The minimum Gasteiger partial charge on any atom is -0.381 e. The van der Waals surface area contributed by atoms with E-state index in [1.807, 2.05) is 0 Å². The third kappa shape index (κ3) is 4.92. The van der Waals surface area contributed by atoms with E-state index in [-0.39, 0.29) is 5.91 Å². The Morgan fingerprint density at radius 3 is 2.28 bits per heavy atom. The molecule has 0 aliphatic carbocycles. The molecule has 18 heavy (non-hydrogen) atoms. The Hall–Kier alpha value is -0.650. The van der Waals surface area contributed by atoms with Crippen molar-refractivity contribution in [1.29, 1.82) is 0 Å². The van der Waals surface area contributed by atoms with E-state index in [1.54, 1.807) is 0 Å². The van der Waals surface area contributed by atoms with Gasteiger partial charge in [0.2, 0.25) is 5.91 Å². The van der Waals surface area contributed by atoms with Crippen LogP contribution in [0.15, 0.2) is 0 Å². The van der Waals surface area contributed by atoms with Crippen LogP contribution in [0.3, 0.4) is 0 Å². The zero-order valence-corrected chi connectivity index (χ0v) is 11.0. The topological polar surface area (TPSA) is 59.6 Å². The normalized spacial score (nSPS) is 22.9. The maximum Gasteiger partial charge on any atom is 0.234 e. The van der Waals surface area contributed by atoms with Crippen LogP contribution in [0.25, 0.3) is 0 Å². The fraction of sp³-hybridized carbons (Fsp3) is 0.923. The first-order chi connectivity index (χ1) is 8.84. The lowest BCUT2D eigenvalue weighted by Gasteiger charge is -2.24. The molecule has 2 N–H and O–H groups in total. The van der Waals surface area contributed by atoms with Crippen molar-refractivity contribution < 1.29 is 14.3 Å². The summed E-state index contributed by atoms with van der Waals surface area (Å²) in [6, 6.07) is 0.302. The molecular formula is C13H24N2O3. The van der Waals surface area contributed by atoms with Crippen molar-refractivity contribution in [2.24, 2.45) is 5.92 Å². The van der Waals surface area contributed by atoms with Gasteiger partial charge < -0.3 is 20.1 Å². The Kier molecular flexibility index (Phi) is 5.90. The van der Waals surface area contributed by atoms with E-state index in [0.717, 1.165) is 58.7 Å². The lowest BCUT2D eigenvalue weighted by molar-refractivity contribution is -0.121. The quantitative estimate of drug-likeness (QED) is 0.742. The van der Waals surface area contributed by atoms with Gasteiger partial charge in [0.15, 0.2) is 0 Å². The van der Waals surface area contributed by atoms with Gasteiger partial charge in [-0.25, -0.2) is 0 Å². The Balaban J connectivity index is 1.53. The number of hydrogen-bond donors (Lipinski definition) is 2. The molecule has 104 valence electrons. The highest BCUT2D eigenvalue weighted by atomic mass is 16.5. The lowest BCUT2D eigenvalue weighted by atomic mass is 10.0. The number of carbonyl (C=O) groups excluding carboxylic acids is 1. The number of ether oxygens (including phenoxy) is 2. The van der Waals surface area contributed by atoms with Crippen molar-refractivity contribution in [1.82, 2.24) is 10.6 Å². The predicted octanol–water partition coefficient (Wildman–Crippen LogP) is 0.298. The number of carbonyl (C=O) groups is 1. The largest absolute Gasteiger partial charge is 0.381 e. The van der Waals surface area contributed by atoms with Gasteiger partial charge in [-0.3, -0.25) is 4.79 Å². The van der Waals surface area contributed by atoms with Gasteiger partial charge >= 0.3 is 0 Å². The Morgan fingerprint density at radius 1 is 1.00 bits per heavy atom. The summed E-state index contributed by atoms with van der Waals surface area (Å²) < 4.78 is 10.6. The molecule has 2 saturated heterocycles. The van der Waals surface area contributed by atoms with Crippen LogP contribution in [0.5, 0.6) is 0 Å². The summed E-state index contributed by atoms with van der Waals surface area (Å²) in [4.78, 5) is 11.7. The Labute approximate surface area is 109 Å². The van der Waals surface area contributed by atoms with Crippen LogP contribution in [0.4, 0.5) is 0 Å². The predicted molar refractivity (Wildman–Crippen MR) is 68.4 cm³/mol. The molecule has 0 saturated carbocycles. The maximum absolute atomic E-state index is 11.7. The summed E-state index contributed by atoms with van der Waals surface area (Å²) in [5, 5.41) is 6.30. The smallest absolute Gasteiger partial charge is 0.234 e. The average Bonchev–Trinajstić information content (AvgIpc) is 2.41. The van der Waals surface area contributed by atoms with E-state index in [2.05, 4.69) is 10.6 Å². The van der Waals surface area contributed by atoms with Gasteiger partial charge in [-0.1, -0.05) is 0 Å². The highest BCUT2D eigenvalue weighted by molar-refractivity contribution is 5.78. The molecule has 2 aliphatic rings. The minimum atomic E-state index is 0.106. The molecule has 1 amide bonds. The molecule has 2 rings (SSSR count). The zero-order chi connectivity index (χ0) is 12.6. The van der Waals surface area contributed by atoms with Crippen LogP contribution in [0.2, 0.25) is 0 Å². The second kappa shape index (κ2) is 7.71. The van der Waals surface area contributed by atoms with Crippen LogP contribution in [0, 0.1) is 5.92 Å². The third-order valence-electron chi connectivity index (χ3n) is 3.65. The summed E-state index contributed by atoms with van der Waals surface area (Å²) in [7, 11) is 0. The molecule has 0 unspecified atom stereocenters. The van der Waals surface area contributed by atoms with Gasteiger partial charge in [-0.15, -0.1) is 0 Å². The number of hydrogen-bond acceptors (Lipinski definition) is 4. The molecule has 2 fully saturated rings. The summed E-state index contributed by atoms with van der Waals surface area (Å²) >= 11 is 0. The first-order valence-electron chi connectivity index (χ1n) is 7.00. The fourth-order valence-electron chi connectivity index (χ4n) is 2.46. The standard InChI is InChI=1S/C13H24N2O3/c16-13(15-12-3-7-18-8-4-12)10-14-9-11-1-5-17-6-2-11/h11-12,14H,1-10H2,(H,15,16). The maximum atomic E-state index is 11.7. The molecule has 5 nitrogen and oxygen atoms in total. The van der Waals surface area contributed by atoms with Gasteiger partial charge in [0.1, 0.15) is 0 Å². The number of amides is 1. The van der Waals surface area contributed by atoms with Crippen molar-refractivity contribution in [2.45, 2.75) is 31.7 Å². The number of rotatable bonds is 5. The Bertz CT molecular complexity index is 249. The molecular weight excluding hydrogens is 232 g/mol. The van der Waals surface area contributed by atoms with E-state index in [1.165, 1.54) is 0 Å². The molecule has 0 radical (unpaired) electrons. The van der Waals surface area contributed by atoms with Crippen molar-refractivity contribution >= 4 is 5.91 Å². The summed E-state index contributed by atoms with van der Waals surface area (Å²) in [6.07, 6.45) is 4.08. The summed E-state index contributed by atoms with van der Waals surface area (Å²) in [5.74, 6) is 0.767. The average molecular weight is 256 g/mol. The van der Waals surface area contributed by atoms with Crippen LogP contribution >= 0.6 is 0 Å². The summed E-state index contributed by atoms with van der Waals surface area (Å²) in [6.45, 7) is 4.60. The highest BCUT2D eigenvalue weighted by Gasteiger charge is 2.17. The zero-order valence-electron chi connectivity index (χ0n) is 11.0. The second-order valence-electron chi connectivity index (χ2n) is 5.14. The van der Waals surface area contributed by atoms with Crippen LogP contribution < -0.4 is 10.6 Å². The van der Waals surface area contributed by atoms with Crippen molar-refractivity contribution in [3.63, 3.8) is 0 Å². The molecule has 0 atom stereocenters. The highest BCUT2D eigenvalue weighted by Crippen LogP contribution is 2.12. The third-order valence-corrected chi connectivity index (χ3v) is 3.65. The van der Waals surface area contributed by atoms with Crippen LogP contribution in [-0.2, 0) is 14.3 Å². The van der Waals surface area contributed by atoms with Gasteiger partial charge in [0, 0.05) is 32.5 Å². The first-order valence-corrected chi connectivity index (χ1v) is 7.00. The van der Waals surface area contributed by atoms with Crippen LogP contribution in [-0.4, -0.2) is 51.5 Å². The lowest BCUT2D eigenvalue weighted by Crippen LogP contribution is -2.43. The van der Waals surface area contributed by atoms with Crippen molar-refractivity contribution in [2.75, 3.05) is 39.5 Å².